The molecule has 0 saturated heterocycles. The van der Waals surface area contributed by atoms with Crippen molar-refractivity contribution in [3.05, 3.63) is 35.4 Å². The molecule has 1 aliphatic rings. The number of hydrogen-bond acceptors (Lipinski definition) is 5. The Morgan fingerprint density at radius 1 is 1.35 bits per heavy atom. The van der Waals surface area contributed by atoms with Crippen LogP contribution < -0.4 is 4.74 Å². The maximum atomic E-state index is 9.87. The molecule has 0 radical (unpaired) electrons. The third-order valence-corrected chi connectivity index (χ3v) is 3.98. The fourth-order valence-electron chi connectivity index (χ4n) is 2.79. The number of nitrogens with zero attached hydrogens (tertiary/aromatic N) is 4. The van der Waals surface area contributed by atoms with Gasteiger partial charge in [-0.3, -0.25) is 0 Å². The molecule has 6 nitrogen and oxygen atoms in total. The molecule has 0 unspecified atom stereocenters. The van der Waals surface area contributed by atoms with E-state index in [1.807, 2.05) is 4.57 Å². The van der Waals surface area contributed by atoms with E-state index in [0.717, 1.165) is 31.6 Å². The lowest BCUT2D eigenvalue weighted by molar-refractivity contribution is 0.373. The summed E-state index contributed by atoms with van der Waals surface area (Å²) in [6.45, 7) is 0.838. The highest BCUT2D eigenvalue weighted by molar-refractivity contribution is 5.87. The first-order valence-corrected chi connectivity index (χ1v) is 7.64. The van der Waals surface area contributed by atoms with Crippen LogP contribution in [-0.2, 0) is 13.0 Å². The number of methoxy groups -OCH3 is 1. The van der Waals surface area contributed by atoms with Gasteiger partial charge in [-0.05, 0) is 36.6 Å². The van der Waals surface area contributed by atoms with Gasteiger partial charge in [0.25, 0.3) is 0 Å². The molecule has 0 spiro atoms. The Bertz CT molecular complexity index is 786. The van der Waals surface area contributed by atoms with E-state index in [9.17, 15) is 10.4 Å². The summed E-state index contributed by atoms with van der Waals surface area (Å²) in [4.78, 5) is 0. The summed E-state index contributed by atoms with van der Waals surface area (Å²) >= 11 is 0. The van der Waals surface area contributed by atoms with Gasteiger partial charge >= 0.3 is 0 Å². The van der Waals surface area contributed by atoms with E-state index in [4.69, 9.17) is 4.74 Å². The average Bonchev–Trinajstić information content (AvgIpc) is 2.81. The molecule has 118 valence electrons. The van der Waals surface area contributed by atoms with E-state index >= 15 is 0 Å². The molecule has 0 amide bonds. The van der Waals surface area contributed by atoms with Crippen molar-refractivity contribution in [1.82, 2.24) is 14.8 Å². The van der Waals surface area contributed by atoms with Crippen LogP contribution in [0.4, 0.5) is 0 Å². The molecule has 1 N–H and O–H groups in total. The number of hydrogen-bond donors (Lipinski definition) is 1. The predicted octanol–water partition coefficient (Wildman–Crippen LogP) is 2.78. The van der Waals surface area contributed by atoms with Gasteiger partial charge in [-0.15, -0.1) is 10.2 Å². The number of nitriles is 1. The highest BCUT2D eigenvalue weighted by Gasteiger charge is 2.17. The zero-order valence-electron chi connectivity index (χ0n) is 13.0. The highest BCUT2D eigenvalue weighted by atomic mass is 16.5. The molecule has 3 rings (SSSR count). The minimum Gasteiger partial charge on any atom is -0.504 e. The number of benzene rings is 1. The number of rotatable bonds is 3. The second-order valence-corrected chi connectivity index (χ2v) is 5.50. The summed E-state index contributed by atoms with van der Waals surface area (Å²) in [5.41, 5.74) is 1.15. The minimum absolute atomic E-state index is 0.0404. The molecule has 0 bridgehead atoms. The molecule has 0 fully saturated rings. The normalized spacial score (nSPS) is 14.7. The number of phenols is 1. The fraction of sp³-hybridized carbons (Fsp3) is 0.353. The molecule has 1 aromatic carbocycles. The van der Waals surface area contributed by atoms with Gasteiger partial charge in [0.1, 0.15) is 11.9 Å². The topological polar surface area (TPSA) is 84.0 Å². The van der Waals surface area contributed by atoms with Gasteiger partial charge < -0.3 is 14.4 Å². The van der Waals surface area contributed by atoms with Crippen LogP contribution in [0.5, 0.6) is 11.5 Å². The van der Waals surface area contributed by atoms with E-state index in [0.29, 0.717) is 22.7 Å². The Morgan fingerprint density at radius 3 is 2.96 bits per heavy atom. The molecule has 0 atom stereocenters. The van der Waals surface area contributed by atoms with Crippen LogP contribution in [0.2, 0.25) is 0 Å². The van der Waals surface area contributed by atoms with Crippen molar-refractivity contribution in [1.29, 1.82) is 5.26 Å². The van der Waals surface area contributed by atoms with Crippen LogP contribution in [-0.4, -0.2) is 27.0 Å². The smallest absolute Gasteiger partial charge is 0.174 e. The maximum Gasteiger partial charge on any atom is 0.174 e. The van der Waals surface area contributed by atoms with E-state index in [2.05, 4.69) is 16.3 Å². The second-order valence-electron chi connectivity index (χ2n) is 5.50. The van der Waals surface area contributed by atoms with Crippen molar-refractivity contribution in [3.8, 4) is 17.6 Å². The summed E-state index contributed by atoms with van der Waals surface area (Å²) in [6.07, 6.45) is 5.95. The molecule has 1 aliphatic heterocycles. The Balaban J connectivity index is 1.99. The van der Waals surface area contributed by atoms with Gasteiger partial charge in [0.05, 0.1) is 12.7 Å². The third kappa shape index (κ3) is 3.04. The zero-order valence-corrected chi connectivity index (χ0v) is 13.0. The van der Waals surface area contributed by atoms with Crippen molar-refractivity contribution in [2.75, 3.05) is 7.11 Å². The maximum absolute atomic E-state index is 9.87. The summed E-state index contributed by atoms with van der Waals surface area (Å²) in [6, 6.07) is 7.22. The second kappa shape index (κ2) is 6.53. The summed E-state index contributed by atoms with van der Waals surface area (Å²) in [7, 11) is 1.50. The van der Waals surface area contributed by atoms with Crippen LogP contribution in [0.3, 0.4) is 0 Å². The van der Waals surface area contributed by atoms with E-state index in [1.165, 1.54) is 13.5 Å². The fourth-order valence-corrected chi connectivity index (χ4v) is 2.79. The molecule has 2 aromatic rings. The van der Waals surface area contributed by atoms with Gasteiger partial charge in [0.15, 0.2) is 17.3 Å². The van der Waals surface area contributed by atoms with Gasteiger partial charge in [0.2, 0.25) is 0 Å². The SMILES string of the molecule is COc1ccc(/C=C(\C#N)c2nnc3n2CCCCC3)cc1O. The summed E-state index contributed by atoms with van der Waals surface area (Å²) in [5, 5.41) is 27.8. The van der Waals surface area contributed by atoms with Crippen molar-refractivity contribution < 1.29 is 9.84 Å². The largest absolute Gasteiger partial charge is 0.504 e. The van der Waals surface area contributed by atoms with E-state index in [-0.39, 0.29) is 5.75 Å². The van der Waals surface area contributed by atoms with Crippen LogP contribution in [0.25, 0.3) is 11.6 Å². The molecule has 0 saturated carbocycles. The first-order valence-electron chi connectivity index (χ1n) is 7.64. The Hall–Kier alpha value is -2.81. The summed E-state index contributed by atoms with van der Waals surface area (Å²) < 4.78 is 7.06. The van der Waals surface area contributed by atoms with Gasteiger partial charge in [-0.1, -0.05) is 12.5 Å². The quantitative estimate of drug-likeness (QED) is 0.881. The zero-order chi connectivity index (χ0) is 16.2. The minimum atomic E-state index is 0.0404. The van der Waals surface area contributed by atoms with Gasteiger partial charge in [0, 0.05) is 13.0 Å². The Morgan fingerprint density at radius 2 is 2.22 bits per heavy atom. The van der Waals surface area contributed by atoms with E-state index in [1.54, 1.807) is 24.3 Å². The third-order valence-electron chi connectivity index (χ3n) is 3.98. The number of aryl methyl sites for hydroxylation is 1. The average molecular weight is 310 g/mol. The molecule has 6 heteroatoms. The first kappa shape index (κ1) is 15.1. The predicted molar refractivity (Wildman–Crippen MR) is 85.7 cm³/mol. The van der Waals surface area contributed by atoms with Crippen LogP contribution in [0.15, 0.2) is 18.2 Å². The van der Waals surface area contributed by atoms with Crippen molar-refractivity contribution in [3.63, 3.8) is 0 Å². The molecule has 0 aliphatic carbocycles. The van der Waals surface area contributed by atoms with Crippen molar-refractivity contribution >= 4 is 11.6 Å². The highest BCUT2D eigenvalue weighted by Crippen LogP contribution is 2.28. The number of phenolic OH excluding ortho intramolecular Hbond substituents is 1. The first-order chi connectivity index (χ1) is 11.2. The molecular formula is C17H18N4O2. The number of fused-ring (bicyclic) bond motifs is 1. The Kier molecular flexibility index (Phi) is 4.29. The van der Waals surface area contributed by atoms with Crippen LogP contribution in [0, 0.1) is 11.3 Å². The van der Waals surface area contributed by atoms with Crippen LogP contribution in [0.1, 0.15) is 36.5 Å². The molecule has 2 heterocycles. The molecule has 23 heavy (non-hydrogen) atoms. The lowest BCUT2D eigenvalue weighted by Crippen LogP contribution is -2.05. The lowest BCUT2D eigenvalue weighted by Gasteiger charge is -2.06. The van der Waals surface area contributed by atoms with Gasteiger partial charge in [-0.2, -0.15) is 5.26 Å². The molecular weight excluding hydrogens is 292 g/mol. The van der Waals surface area contributed by atoms with E-state index < -0.39 is 0 Å². The summed E-state index contributed by atoms with van der Waals surface area (Å²) in [5.74, 6) is 1.98. The van der Waals surface area contributed by atoms with Crippen molar-refractivity contribution in [2.24, 2.45) is 0 Å². The van der Waals surface area contributed by atoms with Gasteiger partial charge in [-0.25, -0.2) is 0 Å². The number of allylic oxidation sites excluding steroid dienone is 1. The number of aromatic hydroxyl groups is 1. The number of aromatic nitrogens is 3. The standard InChI is InChI=1S/C17H18N4O2/c1-23-15-7-6-12(10-14(15)22)9-13(11-18)17-20-19-16-5-3-2-4-8-21(16)17/h6-7,9-10,22H,2-5,8H2,1H3/b13-9+. The molecule has 1 aromatic heterocycles. The van der Waals surface area contributed by atoms with Crippen molar-refractivity contribution in [2.45, 2.75) is 32.2 Å². The Labute approximate surface area is 134 Å². The number of ether oxygens (including phenoxy) is 1. The van der Waals surface area contributed by atoms with Crippen LogP contribution >= 0.6 is 0 Å². The monoisotopic (exact) mass is 310 g/mol. The lowest BCUT2D eigenvalue weighted by atomic mass is 10.1.